The van der Waals surface area contributed by atoms with Crippen molar-refractivity contribution in [2.75, 3.05) is 20.8 Å². The number of amides is 1. The number of nitrogens with one attached hydrogen (secondary N) is 1. The molecule has 2 rings (SSSR count). The number of rotatable bonds is 6. The zero-order valence-electron chi connectivity index (χ0n) is 15.1. The topological polar surface area (TPSA) is 144 Å². The Kier molecular flexibility index (Phi) is 6.97. The van der Waals surface area contributed by atoms with Crippen LogP contribution >= 0.6 is 0 Å². The third-order valence-electron chi connectivity index (χ3n) is 4.08. The Balaban J connectivity index is 2.30. The first-order chi connectivity index (χ1) is 12.8. The predicted molar refractivity (Wildman–Crippen MR) is 90.3 cm³/mol. The number of aliphatic hydroxyl groups excluding tert-OH is 3. The highest BCUT2D eigenvalue weighted by atomic mass is 16.7. The first-order valence-corrected chi connectivity index (χ1v) is 8.15. The van der Waals surface area contributed by atoms with Crippen molar-refractivity contribution in [2.45, 2.75) is 37.6 Å². The van der Waals surface area contributed by atoms with Crippen molar-refractivity contribution < 1.29 is 43.9 Å². The molecule has 10 nitrogen and oxygen atoms in total. The summed E-state index contributed by atoms with van der Waals surface area (Å²) in [4.78, 5) is 23.1. The number of hydrogen-bond donors (Lipinski definition) is 4. The number of benzene rings is 1. The first-order valence-electron chi connectivity index (χ1n) is 8.15. The van der Waals surface area contributed by atoms with Crippen molar-refractivity contribution >= 4 is 11.9 Å². The highest BCUT2D eigenvalue weighted by molar-refractivity contribution is 5.90. The number of methoxy groups -OCH3 is 2. The van der Waals surface area contributed by atoms with Gasteiger partial charge in [-0.15, -0.1) is 0 Å². The van der Waals surface area contributed by atoms with Crippen LogP contribution in [-0.4, -0.2) is 78.7 Å². The van der Waals surface area contributed by atoms with Gasteiger partial charge < -0.3 is 39.6 Å². The van der Waals surface area contributed by atoms with Gasteiger partial charge in [0.1, 0.15) is 24.4 Å². The summed E-state index contributed by atoms with van der Waals surface area (Å²) in [5, 5.41) is 32.1. The zero-order chi connectivity index (χ0) is 20.1. The lowest BCUT2D eigenvalue weighted by Gasteiger charge is -2.42. The Hall–Kier alpha value is -2.40. The molecule has 4 N–H and O–H groups in total. The second-order valence-corrected chi connectivity index (χ2v) is 5.91. The summed E-state index contributed by atoms with van der Waals surface area (Å²) >= 11 is 0. The van der Waals surface area contributed by atoms with E-state index in [4.69, 9.17) is 14.2 Å². The highest BCUT2D eigenvalue weighted by Crippen LogP contribution is 2.32. The fourth-order valence-electron chi connectivity index (χ4n) is 2.71. The second kappa shape index (κ2) is 9.00. The molecule has 0 bridgehead atoms. The number of aliphatic hydroxyl groups is 3. The number of esters is 1. The third kappa shape index (κ3) is 4.66. The molecule has 0 spiro atoms. The van der Waals surface area contributed by atoms with Crippen LogP contribution in [0.15, 0.2) is 18.2 Å². The quantitative estimate of drug-likeness (QED) is 0.444. The van der Waals surface area contributed by atoms with Crippen molar-refractivity contribution in [1.29, 1.82) is 0 Å². The van der Waals surface area contributed by atoms with Crippen LogP contribution in [0.1, 0.15) is 17.3 Å². The van der Waals surface area contributed by atoms with Crippen molar-refractivity contribution in [3.05, 3.63) is 23.8 Å². The number of carbonyl (C=O) groups is 2. The molecule has 1 amide bonds. The molecule has 1 aliphatic rings. The largest absolute Gasteiger partial charge is 0.493 e. The first kappa shape index (κ1) is 20.9. The summed E-state index contributed by atoms with van der Waals surface area (Å²) in [6.45, 7) is 0.670. The Morgan fingerprint density at radius 1 is 1.19 bits per heavy atom. The molecule has 0 aliphatic carbocycles. The van der Waals surface area contributed by atoms with Crippen molar-refractivity contribution in [3.8, 4) is 11.5 Å². The van der Waals surface area contributed by atoms with E-state index in [9.17, 15) is 24.9 Å². The van der Waals surface area contributed by atoms with Gasteiger partial charge in [-0.3, -0.25) is 4.79 Å². The summed E-state index contributed by atoms with van der Waals surface area (Å²) in [6.07, 6.45) is -5.21. The molecule has 1 fully saturated rings. The number of ether oxygens (including phenoxy) is 4. The maximum atomic E-state index is 11.6. The molecule has 1 heterocycles. The summed E-state index contributed by atoms with van der Waals surface area (Å²) < 4.78 is 21.1. The van der Waals surface area contributed by atoms with E-state index in [2.05, 4.69) is 10.1 Å². The lowest BCUT2D eigenvalue weighted by molar-refractivity contribution is -0.244. The normalized spacial score (nSPS) is 27.6. The maximum Gasteiger partial charge on any atom is 0.337 e. The molecule has 10 heteroatoms. The number of hydrogen-bond acceptors (Lipinski definition) is 9. The summed E-state index contributed by atoms with van der Waals surface area (Å²) in [7, 11) is 2.61. The minimum absolute atomic E-state index is 0.158. The molecule has 0 radical (unpaired) electrons. The standard InChI is InChI=1S/C17H23NO9/c1-8(20)18-13-15(22)14(21)12(7-19)27-17(13)26-10-5-4-9(16(23)25-3)6-11(10)24-2/h4-6,12-15,17,19,21-22H,7H2,1-3H3,(H,18,20)/t12-,13+,14+,15-,17-/m0/s1. The molecule has 0 unspecified atom stereocenters. The van der Waals surface area contributed by atoms with E-state index in [1.807, 2.05) is 0 Å². The van der Waals surface area contributed by atoms with E-state index in [0.717, 1.165) is 0 Å². The zero-order valence-corrected chi connectivity index (χ0v) is 15.1. The average molecular weight is 385 g/mol. The smallest absolute Gasteiger partial charge is 0.337 e. The van der Waals surface area contributed by atoms with Gasteiger partial charge >= 0.3 is 5.97 Å². The van der Waals surface area contributed by atoms with Crippen LogP contribution in [0.25, 0.3) is 0 Å². The van der Waals surface area contributed by atoms with Gasteiger partial charge in [0.15, 0.2) is 11.5 Å². The lowest BCUT2D eigenvalue weighted by Crippen LogP contribution is -2.65. The highest BCUT2D eigenvalue weighted by Gasteiger charge is 2.46. The van der Waals surface area contributed by atoms with Gasteiger partial charge in [-0.25, -0.2) is 4.79 Å². The van der Waals surface area contributed by atoms with Gasteiger partial charge in [0.25, 0.3) is 0 Å². The van der Waals surface area contributed by atoms with E-state index < -0.39 is 49.1 Å². The van der Waals surface area contributed by atoms with Crippen LogP contribution in [0.3, 0.4) is 0 Å². The van der Waals surface area contributed by atoms with E-state index in [1.54, 1.807) is 0 Å². The molecule has 0 aromatic heterocycles. The molecule has 1 aliphatic heterocycles. The molecule has 5 atom stereocenters. The van der Waals surface area contributed by atoms with Crippen molar-refractivity contribution in [3.63, 3.8) is 0 Å². The van der Waals surface area contributed by atoms with Gasteiger partial charge in [0.05, 0.1) is 26.4 Å². The Bertz CT molecular complexity index is 680. The maximum absolute atomic E-state index is 11.6. The van der Waals surface area contributed by atoms with Gasteiger partial charge in [0.2, 0.25) is 12.2 Å². The van der Waals surface area contributed by atoms with Gasteiger partial charge in [-0.1, -0.05) is 0 Å². The van der Waals surface area contributed by atoms with Crippen molar-refractivity contribution in [2.24, 2.45) is 0 Å². The molecule has 1 saturated heterocycles. The minimum Gasteiger partial charge on any atom is -0.493 e. The van der Waals surface area contributed by atoms with Crippen LogP contribution in [0.2, 0.25) is 0 Å². The monoisotopic (exact) mass is 385 g/mol. The Morgan fingerprint density at radius 3 is 2.44 bits per heavy atom. The van der Waals surface area contributed by atoms with Gasteiger partial charge in [-0.2, -0.15) is 0 Å². The van der Waals surface area contributed by atoms with E-state index in [0.29, 0.717) is 0 Å². The van der Waals surface area contributed by atoms with Crippen molar-refractivity contribution in [1.82, 2.24) is 5.32 Å². The predicted octanol–water partition coefficient (Wildman–Crippen LogP) is -1.20. The summed E-state index contributed by atoms with van der Waals surface area (Å²) in [6, 6.07) is 3.16. The fraction of sp³-hybridized carbons (Fsp3) is 0.529. The van der Waals surface area contributed by atoms with E-state index >= 15 is 0 Å². The molecule has 150 valence electrons. The van der Waals surface area contributed by atoms with Gasteiger partial charge in [-0.05, 0) is 18.2 Å². The molecule has 0 saturated carbocycles. The van der Waals surface area contributed by atoms with E-state index in [-0.39, 0.29) is 17.1 Å². The van der Waals surface area contributed by atoms with Crippen LogP contribution in [0.4, 0.5) is 0 Å². The SMILES string of the molecule is COC(=O)c1ccc(O[C@H]2O[C@@H](CO)[C@@H](O)[C@@H](O)[C@H]2NC(C)=O)c(OC)c1. The number of carbonyl (C=O) groups excluding carboxylic acids is 2. The molecule has 1 aromatic rings. The summed E-state index contributed by atoms with van der Waals surface area (Å²) in [5.41, 5.74) is 0.230. The Labute approximate surface area is 155 Å². The van der Waals surface area contributed by atoms with Crippen LogP contribution in [-0.2, 0) is 14.3 Å². The fourth-order valence-corrected chi connectivity index (χ4v) is 2.71. The second-order valence-electron chi connectivity index (χ2n) is 5.91. The molecule has 1 aromatic carbocycles. The molecule has 27 heavy (non-hydrogen) atoms. The lowest BCUT2D eigenvalue weighted by atomic mass is 9.97. The van der Waals surface area contributed by atoms with E-state index in [1.165, 1.54) is 39.3 Å². The minimum atomic E-state index is -1.44. The molecular formula is C17H23NO9. The molecular weight excluding hydrogens is 362 g/mol. The Morgan fingerprint density at radius 2 is 1.89 bits per heavy atom. The van der Waals surface area contributed by atoms with Crippen LogP contribution in [0.5, 0.6) is 11.5 Å². The average Bonchev–Trinajstić information content (AvgIpc) is 2.66. The van der Waals surface area contributed by atoms with Gasteiger partial charge in [0, 0.05) is 6.92 Å². The summed E-state index contributed by atoms with van der Waals surface area (Å²) in [5.74, 6) is -0.697. The van der Waals surface area contributed by atoms with Crippen LogP contribution < -0.4 is 14.8 Å². The third-order valence-corrected chi connectivity index (χ3v) is 4.08. The van der Waals surface area contributed by atoms with Crippen LogP contribution in [0, 0.1) is 0 Å².